The summed E-state index contributed by atoms with van der Waals surface area (Å²) in [6.45, 7) is 2.04. The van der Waals surface area contributed by atoms with Crippen molar-refractivity contribution in [3.63, 3.8) is 0 Å². The molecule has 1 fully saturated rings. The zero-order valence-corrected chi connectivity index (χ0v) is 15.1. The van der Waals surface area contributed by atoms with E-state index in [-0.39, 0.29) is 24.0 Å². The molecule has 0 atom stereocenters. The van der Waals surface area contributed by atoms with Crippen LogP contribution in [0.15, 0.2) is 40.2 Å². The summed E-state index contributed by atoms with van der Waals surface area (Å²) in [5, 5.41) is 6.74. The number of thioether (sulfide) groups is 1. The maximum atomic E-state index is 4.23. The predicted octanol–water partition coefficient (Wildman–Crippen LogP) is 3.36. The molecule has 0 radical (unpaired) electrons. The first kappa shape index (κ1) is 17.6. The summed E-state index contributed by atoms with van der Waals surface area (Å²) < 4.78 is 0. The SMILES string of the molecule is CN=C(NCCCSc1ccccc1)NCC1CC1.I. The molecule has 2 rings (SSSR count). The molecule has 1 aliphatic rings. The van der Waals surface area contributed by atoms with E-state index in [4.69, 9.17) is 0 Å². The van der Waals surface area contributed by atoms with Crippen molar-refractivity contribution in [3.05, 3.63) is 30.3 Å². The molecule has 1 aromatic carbocycles. The lowest BCUT2D eigenvalue weighted by molar-refractivity contribution is 0.731. The fraction of sp³-hybridized carbons (Fsp3) is 0.533. The topological polar surface area (TPSA) is 36.4 Å². The Hall–Kier alpha value is -0.430. The van der Waals surface area contributed by atoms with E-state index >= 15 is 0 Å². The molecule has 0 saturated heterocycles. The lowest BCUT2D eigenvalue weighted by atomic mass is 10.4. The highest BCUT2D eigenvalue weighted by Crippen LogP contribution is 2.27. The molecule has 0 aliphatic heterocycles. The number of nitrogens with one attached hydrogen (secondary N) is 2. The van der Waals surface area contributed by atoms with Gasteiger partial charge >= 0.3 is 0 Å². The van der Waals surface area contributed by atoms with Gasteiger partial charge < -0.3 is 10.6 Å². The second-order valence-corrected chi connectivity index (χ2v) is 6.01. The summed E-state index contributed by atoms with van der Waals surface area (Å²) in [6.07, 6.45) is 3.89. The van der Waals surface area contributed by atoms with Crippen molar-refractivity contribution in [1.29, 1.82) is 0 Å². The minimum absolute atomic E-state index is 0. The average Bonchev–Trinajstić information content (AvgIpc) is 3.27. The van der Waals surface area contributed by atoms with Crippen LogP contribution >= 0.6 is 35.7 Å². The Bertz CT molecular complexity index is 393. The number of halogens is 1. The van der Waals surface area contributed by atoms with Crippen LogP contribution in [0.2, 0.25) is 0 Å². The smallest absolute Gasteiger partial charge is 0.190 e. The first-order chi connectivity index (χ1) is 9.38. The Morgan fingerprint density at radius 1 is 1.25 bits per heavy atom. The van der Waals surface area contributed by atoms with Gasteiger partial charge in [0.15, 0.2) is 5.96 Å². The first-order valence-corrected chi connectivity index (χ1v) is 7.99. The number of hydrogen-bond donors (Lipinski definition) is 2. The second kappa shape index (κ2) is 10.3. The minimum atomic E-state index is 0. The summed E-state index contributed by atoms with van der Waals surface area (Å²) in [5.41, 5.74) is 0. The third-order valence-electron chi connectivity index (χ3n) is 3.10. The molecular weight excluding hydrogens is 381 g/mol. The van der Waals surface area contributed by atoms with Crippen LogP contribution < -0.4 is 10.6 Å². The van der Waals surface area contributed by atoms with Gasteiger partial charge in [-0.2, -0.15) is 0 Å². The van der Waals surface area contributed by atoms with Crippen LogP contribution in [0.4, 0.5) is 0 Å². The normalized spacial score (nSPS) is 14.6. The Labute approximate surface area is 143 Å². The van der Waals surface area contributed by atoms with Gasteiger partial charge in [-0.05, 0) is 43.1 Å². The Kier molecular flexibility index (Phi) is 9.09. The monoisotopic (exact) mass is 405 g/mol. The number of hydrogen-bond acceptors (Lipinski definition) is 2. The largest absolute Gasteiger partial charge is 0.356 e. The van der Waals surface area contributed by atoms with E-state index in [2.05, 4.69) is 46.0 Å². The number of aliphatic imine (C=N–C) groups is 1. The second-order valence-electron chi connectivity index (χ2n) is 4.84. The fourth-order valence-corrected chi connectivity index (χ4v) is 2.64. The van der Waals surface area contributed by atoms with Crippen molar-refractivity contribution < 1.29 is 0 Å². The van der Waals surface area contributed by atoms with Crippen LogP contribution in [-0.2, 0) is 0 Å². The van der Waals surface area contributed by atoms with Crippen molar-refractivity contribution in [2.24, 2.45) is 10.9 Å². The maximum Gasteiger partial charge on any atom is 0.190 e. The highest BCUT2D eigenvalue weighted by molar-refractivity contribution is 14.0. The van der Waals surface area contributed by atoms with Gasteiger partial charge in [0.2, 0.25) is 0 Å². The molecule has 0 unspecified atom stereocenters. The van der Waals surface area contributed by atoms with Crippen molar-refractivity contribution in [3.8, 4) is 0 Å². The zero-order valence-electron chi connectivity index (χ0n) is 12.0. The number of rotatable bonds is 7. The molecule has 0 heterocycles. The minimum Gasteiger partial charge on any atom is -0.356 e. The summed E-state index contributed by atoms with van der Waals surface area (Å²) >= 11 is 1.91. The van der Waals surface area contributed by atoms with Crippen LogP contribution in [0.25, 0.3) is 0 Å². The van der Waals surface area contributed by atoms with Gasteiger partial charge in [0, 0.05) is 25.0 Å². The van der Waals surface area contributed by atoms with E-state index in [1.54, 1.807) is 0 Å². The Morgan fingerprint density at radius 2 is 2.00 bits per heavy atom. The van der Waals surface area contributed by atoms with Crippen LogP contribution in [0.1, 0.15) is 19.3 Å². The molecule has 5 heteroatoms. The number of guanidine groups is 1. The standard InChI is InChI=1S/C15H23N3S.HI/c1-16-15(18-12-13-8-9-13)17-10-5-11-19-14-6-3-2-4-7-14;/h2-4,6-7,13H,5,8-12H2,1H3,(H2,16,17,18);1H. The third kappa shape index (κ3) is 7.38. The van der Waals surface area contributed by atoms with Crippen molar-refractivity contribution >= 4 is 41.7 Å². The fourth-order valence-electron chi connectivity index (χ4n) is 1.77. The molecule has 1 aliphatic carbocycles. The molecule has 0 amide bonds. The number of nitrogens with zero attached hydrogens (tertiary/aromatic N) is 1. The van der Waals surface area contributed by atoms with Crippen molar-refractivity contribution in [2.75, 3.05) is 25.9 Å². The lowest BCUT2D eigenvalue weighted by Crippen LogP contribution is -2.38. The van der Waals surface area contributed by atoms with E-state index in [9.17, 15) is 0 Å². The highest BCUT2D eigenvalue weighted by Gasteiger charge is 2.20. The zero-order chi connectivity index (χ0) is 13.3. The van der Waals surface area contributed by atoms with E-state index in [1.807, 2.05) is 18.8 Å². The molecule has 2 N–H and O–H groups in total. The highest BCUT2D eigenvalue weighted by atomic mass is 127. The van der Waals surface area contributed by atoms with Gasteiger partial charge in [0.25, 0.3) is 0 Å². The maximum absolute atomic E-state index is 4.23. The van der Waals surface area contributed by atoms with Crippen LogP contribution in [0.5, 0.6) is 0 Å². The molecule has 20 heavy (non-hydrogen) atoms. The molecule has 0 aromatic heterocycles. The first-order valence-electron chi connectivity index (χ1n) is 7.01. The van der Waals surface area contributed by atoms with Crippen LogP contribution in [0, 0.1) is 5.92 Å². The Morgan fingerprint density at radius 3 is 2.65 bits per heavy atom. The molecule has 1 aromatic rings. The van der Waals surface area contributed by atoms with E-state index in [0.29, 0.717) is 0 Å². The van der Waals surface area contributed by atoms with Gasteiger partial charge in [-0.15, -0.1) is 35.7 Å². The van der Waals surface area contributed by atoms with E-state index < -0.39 is 0 Å². The lowest BCUT2D eigenvalue weighted by Gasteiger charge is -2.11. The molecule has 3 nitrogen and oxygen atoms in total. The molecule has 0 bridgehead atoms. The molecule has 0 spiro atoms. The molecule has 112 valence electrons. The quantitative estimate of drug-likeness (QED) is 0.240. The Balaban J connectivity index is 0.00000200. The molecular formula is C15H24IN3S. The summed E-state index contributed by atoms with van der Waals surface area (Å²) in [6, 6.07) is 10.6. The summed E-state index contributed by atoms with van der Waals surface area (Å²) in [4.78, 5) is 5.58. The predicted molar refractivity (Wildman–Crippen MR) is 99.3 cm³/mol. The van der Waals surface area contributed by atoms with Crippen LogP contribution in [0.3, 0.4) is 0 Å². The van der Waals surface area contributed by atoms with E-state index in [0.717, 1.165) is 37.1 Å². The van der Waals surface area contributed by atoms with Gasteiger partial charge in [-0.1, -0.05) is 18.2 Å². The average molecular weight is 405 g/mol. The van der Waals surface area contributed by atoms with Crippen molar-refractivity contribution in [2.45, 2.75) is 24.2 Å². The van der Waals surface area contributed by atoms with Gasteiger partial charge in [0.05, 0.1) is 0 Å². The number of benzene rings is 1. The van der Waals surface area contributed by atoms with Crippen molar-refractivity contribution in [1.82, 2.24) is 10.6 Å². The van der Waals surface area contributed by atoms with Gasteiger partial charge in [0.1, 0.15) is 0 Å². The summed E-state index contributed by atoms with van der Waals surface area (Å²) in [5.74, 6) is 2.96. The summed E-state index contributed by atoms with van der Waals surface area (Å²) in [7, 11) is 1.83. The molecule has 1 saturated carbocycles. The van der Waals surface area contributed by atoms with Crippen LogP contribution in [-0.4, -0.2) is 31.8 Å². The third-order valence-corrected chi connectivity index (χ3v) is 4.20. The van der Waals surface area contributed by atoms with Gasteiger partial charge in [-0.3, -0.25) is 4.99 Å². The van der Waals surface area contributed by atoms with E-state index in [1.165, 1.54) is 17.7 Å². The van der Waals surface area contributed by atoms with Gasteiger partial charge in [-0.25, -0.2) is 0 Å².